The van der Waals surface area contributed by atoms with Crippen LogP contribution in [0.4, 0.5) is 0 Å². The van der Waals surface area contributed by atoms with E-state index in [1.807, 2.05) is 26.0 Å². The Morgan fingerprint density at radius 2 is 2.20 bits per heavy atom. The van der Waals surface area contributed by atoms with Crippen molar-refractivity contribution in [3.8, 4) is 0 Å². The van der Waals surface area contributed by atoms with E-state index in [0.29, 0.717) is 11.6 Å². The average Bonchev–Trinajstić information content (AvgIpc) is 3.18. The van der Waals surface area contributed by atoms with Crippen LogP contribution in [0, 0.1) is 19.8 Å². The van der Waals surface area contributed by atoms with Crippen molar-refractivity contribution < 1.29 is 4.79 Å². The summed E-state index contributed by atoms with van der Waals surface area (Å²) in [6.07, 6.45) is 5.60. The summed E-state index contributed by atoms with van der Waals surface area (Å²) in [6.45, 7) is 3.88. The van der Waals surface area contributed by atoms with E-state index in [-0.39, 0.29) is 11.9 Å². The van der Waals surface area contributed by atoms with Gasteiger partial charge < -0.3 is 10.3 Å². The maximum Gasteiger partial charge on any atom is 0.272 e. The third-order valence-corrected chi connectivity index (χ3v) is 3.77. The number of aromatic nitrogens is 3. The Balaban J connectivity index is 1.84. The van der Waals surface area contributed by atoms with Gasteiger partial charge in [-0.3, -0.25) is 9.78 Å². The van der Waals surface area contributed by atoms with Crippen LogP contribution < -0.4 is 5.32 Å². The molecule has 1 saturated carbocycles. The van der Waals surface area contributed by atoms with Crippen LogP contribution in [0.3, 0.4) is 0 Å². The number of nitrogens with zero attached hydrogens (tertiary/aromatic N) is 2. The fourth-order valence-corrected chi connectivity index (χ4v) is 2.46. The molecule has 104 valence electrons. The first-order valence-corrected chi connectivity index (χ1v) is 6.89. The van der Waals surface area contributed by atoms with Gasteiger partial charge in [-0.15, -0.1) is 0 Å². The van der Waals surface area contributed by atoms with Crippen LogP contribution in [0.1, 0.15) is 46.3 Å². The van der Waals surface area contributed by atoms with Crippen LogP contribution in [0.2, 0.25) is 0 Å². The molecule has 5 heteroatoms. The molecule has 2 aromatic heterocycles. The summed E-state index contributed by atoms with van der Waals surface area (Å²) in [5.41, 5.74) is 3.33. The zero-order valence-corrected chi connectivity index (χ0v) is 11.7. The molecule has 1 aliphatic carbocycles. The van der Waals surface area contributed by atoms with E-state index in [4.69, 9.17) is 0 Å². The van der Waals surface area contributed by atoms with Crippen LogP contribution in [0.25, 0.3) is 0 Å². The molecule has 1 amide bonds. The highest BCUT2D eigenvalue weighted by atomic mass is 16.2. The van der Waals surface area contributed by atoms with Crippen LogP contribution >= 0.6 is 0 Å². The highest BCUT2D eigenvalue weighted by Crippen LogP contribution is 2.41. The summed E-state index contributed by atoms with van der Waals surface area (Å²) in [5.74, 6) is 0.359. The molecule has 0 bridgehead atoms. The van der Waals surface area contributed by atoms with Crippen molar-refractivity contribution in [2.45, 2.75) is 32.7 Å². The first-order chi connectivity index (χ1) is 9.66. The quantitative estimate of drug-likeness (QED) is 0.895. The van der Waals surface area contributed by atoms with E-state index in [2.05, 4.69) is 20.3 Å². The average molecular weight is 270 g/mol. The number of aryl methyl sites for hydroxylation is 2. The van der Waals surface area contributed by atoms with Gasteiger partial charge in [-0.2, -0.15) is 0 Å². The van der Waals surface area contributed by atoms with E-state index < -0.39 is 0 Å². The Labute approximate surface area is 117 Å². The number of hydrogen-bond acceptors (Lipinski definition) is 3. The molecule has 5 nitrogen and oxygen atoms in total. The van der Waals surface area contributed by atoms with Gasteiger partial charge in [0.1, 0.15) is 5.69 Å². The molecule has 0 unspecified atom stereocenters. The summed E-state index contributed by atoms with van der Waals surface area (Å²) in [6, 6.07) is 3.94. The third-order valence-electron chi connectivity index (χ3n) is 3.77. The number of imidazole rings is 1. The van der Waals surface area contributed by atoms with E-state index >= 15 is 0 Å². The highest BCUT2D eigenvalue weighted by molar-refractivity contribution is 5.93. The van der Waals surface area contributed by atoms with Gasteiger partial charge >= 0.3 is 0 Å². The first-order valence-electron chi connectivity index (χ1n) is 6.89. The number of carbonyl (C=O) groups excluding carboxylic acids is 1. The van der Waals surface area contributed by atoms with Crippen LogP contribution in [-0.4, -0.2) is 20.9 Å². The zero-order valence-electron chi connectivity index (χ0n) is 11.7. The number of rotatable bonds is 4. The SMILES string of the molecule is Cc1cccnc1[C@@H](NC(=O)c1nc[nH]c1C)C1CC1. The molecule has 0 radical (unpaired) electrons. The van der Waals surface area contributed by atoms with Crippen molar-refractivity contribution in [2.75, 3.05) is 0 Å². The number of amides is 1. The first kappa shape index (κ1) is 12.8. The lowest BCUT2D eigenvalue weighted by molar-refractivity contribution is 0.0925. The number of H-pyrrole nitrogens is 1. The minimum absolute atomic E-state index is 0.0141. The van der Waals surface area contributed by atoms with Crippen molar-refractivity contribution in [3.05, 3.63) is 47.3 Å². The van der Waals surface area contributed by atoms with E-state index in [0.717, 1.165) is 29.8 Å². The van der Waals surface area contributed by atoms with Gasteiger partial charge in [-0.05, 0) is 44.2 Å². The monoisotopic (exact) mass is 270 g/mol. The van der Waals surface area contributed by atoms with Gasteiger partial charge in [0, 0.05) is 11.9 Å². The molecule has 1 atom stereocenters. The van der Waals surface area contributed by atoms with Gasteiger partial charge in [-0.1, -0.05) is 6.07 Å². The summed E-state index contributed by atoms with van der Waals surface area (Å²) in [7, 11) is 0. The predicted octanol–water partition coefficient (Wildman–Crippen LogP) is 2.30. The standard InChI is InChI=1S/C15H18N4O/c1-9-4-3-7-16-12(9)14(11-5-6-11)19-15(20)13-10(2)17-8-18-13/h3-4,7-8,11,14H,5-6H2,1-2H3,(H,17,18)(H,19,20)/t14-/m0/s1. The largest absolute Gasteiger partial charge is 0.348 e. The smallest absolute Gasteiger partial charge is 0.272 e. The van der Waals surface area contributed by atoms with Gasteiger partial charge in [-0.25, -0.2) is 4.98 Å². The lowest BCUT2D eigenvalue weighted by Gasteiger charge is -2.19. The normalized spacial score (nSPS) is 15.9. The maximum atomic E-state index is 12.3. The Morgan fingerprint density at radius 3 is 2.80 bits per heavy atom. The number of nitrogens with one attached hydrogen (secondary N) is 2. The van der Waals surface area contributed by atoms with Crippen molar-refractivity contribution in [2.24, 2.45) is 5.92 Å². The van der Waals surface area contributed by atoms with E-state index in [1.54, 1.807) is 12.5 Å². The molecule has 1 aliphatic rings. The third kappa shape index (κ3) is 2.43. The molecule has 2 N–H and O–H groups in total. The molecule has 3 rings (SSSR count). The Hall–Kier alpha value is -2.17. The minimum atomic E-state index is -0.134. The Morgan fingerprint density at radius 1 is 1.40 bits per heavy atom. The summed E-state index contributed by atoms with van der Waals surface area (Å²) < 4.78 is 0. The minimum Gasteiger partial charge on any atom is -0.348 e. The lowest BCUT2D eigenvalue weighted by atomic mass is 10.0. The summed E-state index contributed by atoms with van der Waals surface area (Å²) >= 11 is 0. The molecule has 2 aromatic rings. The second-order valence-electron chi connectivity index (χ2n) is 5.37. The number of carbonyl (C=O) groups is 1. The second-order valence-corrected chi connectivity index (χ2v) is 5.37. The molecule has 20 heavy (non-hydrogen) atoms. The van der Waals surface area contributed by atoms with Crippen LogP contribution in [0.15, 0.2) is 24.7 Å². The van der Waals surface area contributed by atoms with Crippen molar-refractivity contribution in [3.63, 3.8) is 0 Å². The van der Waals surface area contributed by atoms with Gasteiger partial charge in [0.25, 0.3) is 5.91 Å². The number of hydrogen-bond donors (Lipinski definition) is 2. The van der Waals surface area contributed by atoms with Crippen molar-refractivity contribution in [1.29, 1.82) is 0 Å². The van der Waals surface area contributed by atoms with E-state index in [9.17, 15) is 4.79 Å². The highest BCUT2D eigenvalue weighted by Gasteiger charge is 2.35. The fourth-order valence-electron chi connectivity index (χ4n) is 2.46. The molecule has 0 aromatic carbocycles. The zero-order chi connectivity index (χ0) is 14.1. The van der Waals surface area contributed by atoms with Crippen LogP contribution in [0.5, 0.6) is 0 Å². The van der Waals surface area contributed by atoms with Gasteiger partial charge in [0.2, 0.25) is 0 Å². The summed E-state index contributed by atoms with van der Waals surface area (Å²) in [5, 5.41) is 3.10. The Bertz CT molecular complexity index is 630. The molecule has 2 heterocycles. The molecule has 0 saturated heterocycles. The van der Waals surface area contributed by atoms with Gasteiger partial charge in [0.05, 0.1) is 18.1 Å². The maximum absolute atomic E-state index is 12.3. The van der Waals surface area contributed by atoms with Crippen molar-refractivity contribution >= 4 is 5.91 Å². The molecule has 0 spiro atoms. The fraction of sp³-hybridized carbons (Fsp3) is 0.400. The molecule has 1 fully saturated rings. The topological polar surface area (TPSA) is 70.7 Å². The summed E-state index contributed by atoms with van der Waals surface area (Å²) in [4.78, 5) is 23.8. The molecule has 0 aliphatic heterocycles. The number of aromatic amines is 1. The van der Waals surface area contributed by atoms with E-state index in [1.165, 1.54) is 0 Å². The Kier molecular flexibility index (Phi) is 3.26. The van der Waals surface area contributed by atoms with Gasteiger partial charge in [0.15, 0.2) is 0 Å². The molecular formula is C15H18N4O. The lowest BCUT2D eigenvalue weighted by Crippen LogP contribution is -2.31. The van der Waals surface area contributed by atoms with Crippen LogP contribution in [-0.2, 0) is 0 Å². The van der Waals surface area contributed by atoms with Crippen molar-refractivity contribution in [1.82, 2.24) is 20.3 Å². The number of pyridine rings is 1. The second kappa shape index (κ2) is 5.07. The predicted molar refractivity (Wildman–Crippen MR) is 75.2 cm³/mol. The molecular weight excluding hydrogens is 252 g/mol.